The van der Waals surface area contributed by atoms with Gasteiger partial charge in [-0.25, -0.2) is 13.1 Å². The number of hydrogen-bond acceptors (Lipinski definition) is 6. The summed E-state index contributed by atoms with van der Waals surface area (Å²) in [5, 5.41) is 0. The SMILES string of the molecule is COc1ccc(S(=O)(=O)NC(=O)CC2(CC(C)C)C(=O)N(CCc3ccccc3)CC2(C)N)cc1. The third kappa shape index (κ3) is 5.85. The fourth-order valence-corrected chi connectivity index (χ4v) is 5.88. The van der Waals surface area contributed by atoms with Crippen molar-refractivity contribution in [2.45, 2.75) is 50.5 Å². The van der Waals surface area contributed by atoms with E-state index >= 15 is 0 Å². The number of nitrogens with two attached hydrogens (primary N) is 1. The Bertz CT molecular complexity index is 1150. The number of sulfonamides is 1. The highest BCUT2D eigenvalue weighted by Gasteiger charge is 2.60. The van der Waals surface area contributed by atoms with Gasteiger partial charge in [0.15, 0.2) is 0 Å². The molecule has 2 aromatic carbocycles. The summed E-state index contributed by atoms with van der Waals surface area (Å²) in [5.41, 5.74) is 5.59. The first kappa shape index (κ1) is 26.7. The second-order valence-electron chi connectivity index (χ2n) is 9.94. The molecule has 0 saturated carbocycles. The van der Waals surface area contributed by atoms with E-state index in [1.165, 1.54) is 31.4 Å². The van der Waals surface area contributed by atoms with Crippen molar-refractivity contribution in [3.8, 4) is 5.75 Å². The van der Waals surface area contributed by atoms with Crippen LogP contribution in [0.2, 0.25) is 0 Å². The second-order valence-corrected chi connectivity index (χ2v) is 11.6. The molecule has 1 saturated heterocycles. The van der Waals surface area contributed by atoms with Gasteiger partial charge in [0.2, 0.25) is 11.8 Å². The molecule has 2 aromatic rings. The molecular weight excluding hydrogens is 466 g/mol. The maximum Gasteiger partial charge on any atom is 0.264 e. The van der Waals surface area contributed by atoms with Crippen molar-refractivity contribution in [3.05, 3.63) is 60.2 Å². The number of ether oxygens (including phenoxy) is 1. The Morgan fingerprint density at radius 3 is 2.34 bits per heavy atom. The Morgan fingerprint density at radius 2 is 1.77 bits per heavy atom. The standard InChI is InChI=1S/C26H35N3O5S/c1-19(2)16-26(17-23(30)28-35(32,33)22-12-10-21(34-4)11-13-22)24(31)29(18-25(26,3)27)15-14-20-8-6-5-7-9-20/h5-13,19H,14-18,27H2,1-4H3,(H,28,30). The zero-order valence-corrected chi connectivity index (χ0v) is 21.6. The van der Waals surface area contributed by atoms with Crippen molar-refractivity contribution >= 4 is 21.8 Å². The van der Waals surface area contributed by atoms with Gasteiger partial charge >= 0.3 is 0 Å². The molecule has 2 unspecified atom stereocenters. The van der Waals surface area contributed by atoms with Gasteiger partial charge in [0, 0.05) is 25.0 Å². The number of hydrogen-bond donors (Lipinski definition) is 2. The number of methoxy groups -OCH3 is 1. The molecule has 1 fully saturated rings. The fourth-order valence-electron chi connectivity index (χ4n) is 4.90. The van der Waals surface area contributed by atoms with Crippen LogP contribution in [0.3, 0.4) is 0 Å². The lowest BCUT2D eigenvalue weighted by Gasteiger charge is -2.38. The minimum atomic E-state index is -4.12. The Kier molecular flexibility index (Phi) is 7.91. The minimum Gasteiger partial charge on any atom is -0.497 e. The zero-order valence-electron chi connectivity index (χ0n) is 20.8. The first-order chi connectivity index (χ1) is 16.4. The number of benzene rings is 2. The normalized spacial score (nSPS) is 22.5. The Morgan fingerprint density at radius 1 is 1.14 bits per heavy atom. The molecular formula is C26H35N3O5S. The highest BCUT2D eigenvalue weighted by atomic mass is 32.2. The van der Waals surface area contributed by atoms with Crippen LogP contribution in [-0.4, -0.2) is 50.9 Å². The van der Waals surface area contributed by atoms with Crippen molar-refractivity contribution in [3.63, 3.8) is 0 Å². The van der Waals surface area contributed by atoms with Crippen molar-refractivity contribution in [1.29, 1.82) is 0 Å². The lowest BCUT2D eigenvalue weighted by atomic mass is 9.66. The fraction of sp³-hybridized carbons (Fsp3) is 0.462. The van der Waals surface area contributed by atoms with Crippen LogP contribution in [0.1, 0.15) is 39.2 Å². The number of rotatable bonds is 10. The zero-order chi connectivity index (χ0) is 25.9. The van der Waals surface area contributed by atoms with E-state index in [1.807, 2.05) is 44.2 Å². The van der Waals surface area contributed by atoms with E-state index in [1.54, 1.807) is 11.8 Å². The molecule has 0 radical (unpaired) electrons. The second kappa shape index (κ2) is 10.4. The van der Waals surface area contributed by atoms with Crippen molar-refractivity contribution < 1.29 is 22.7 Å². The molecule has 1 heterocycles. The molecule has 3 rings (SSSR count). The number of nitrogens with zero attached hydrogens (tertiary/aromatic N) is 1. The van der Waals surface area contributed by atoms with Crippen LogP contribution in [0.15, 0.2) is 59.5 Å². The first-order valence-electron chi connectivity index (χ1n) is 11.7. The molecule has 1 aliphatic rings. The average molecular weight is 502 g/mol. The number of amides is 2. The number of nitrogens with one attached hydrogen (secondary N) is 1. The molecule has 2 atom stereocenters. The molecule has 0 aliphatic carbocycles. The van der Waals surface area contributed by atoms with E-state index in [4.69, 9.17) is 10.5 Å². The van der Waals surface area contributed by atoms with Crippen LogP contribution >= 0.6 is 0 Å². The van der Waals surface area contributed by atoms with Gasteiger partial charge in [0.05, 0.1) is 17.4 Å². The number of carbonyl (C=O) groups excluding carboxylic acids is 2. The topological polar surface area (TPSA) is 119 Å². The summed E-state index contributed by atoms with van der Waals surface area (Å²) in [7, 11) is -2.64. The number of likely N-dealkylation sites (tertiary alicyclic amines) is 1. The molecule has 2 amide bonds. The maximum absolute atomic E-state index is 13.7. The van der Waals surface area contributed by atoms with Crippen LogP contribution in [0.25, 0.3) is 0 Å². The summed E-state index contributed by atoms with van der Waals surface area (Å²) in [4.78, 5) is 28.5. The van der Waals surface area contributed by atoms with Crippen LogP contribution in [0.5, 0.6) is 5.75 Å². The Balaban J connectivity index is 1.81. The molecule has 190 valence electrons. The summed E-state index contributed by atoms with van der Waals surface area (Å²) in [6, 6.07) is 15.6. The van der Waals surface area contributed by atoms with Gasteiger partial charge in [-0.05, 0) is 55.5 Å². The van der Waals surface area contributed by atoms with E-state index in [2.05, 4.69) is 4.72 Å². The van der Waals surface area contributed by atoms with Crippen molar-refractivity contribution in [2.24, 2.45) is 17.1 Å². The van der Waals surface area contributed by atoms with E-state index in [9.17, 15) is 18.0 Å². The van der Waals surface area contributed by atoms with Gasteiger partial charge in [-0.2, -0.15) is 0 Å². The molecule has 8 nitrogen and oxygen atoms in total. The summed E-state index contributed by atoms with van der Waals surface area (Å²) in [6.07, 6.45) is 0.726. The summed E-state index contributed by atoms with van der Waals surface area (Å²) in [5.74, 6) is -0.389. The molecule has 0 spiro atoms. The predicted octanol–water partition coefficient (Wildman–Crippen LogP) is 2.72. The number of carbonyl (C=O) groups is 2. The molecule has 1 aliphatic heterocycles. The molecule has 0 bridgehead atoms. The van der Waals surface area contributed by atoms with E-state index in [0.29, 0.717) is 31.7 Å². The smallest absolute Gasteiger partial charge is 0.264 e. The lowest BCUT2D eigenvalue weighted by molar-refractivity contribution is -0.141. The quantitative estimate of drug-likeness (QED) is 0.517. The van der Waals surface area contributed by atoms with Crippen molar-refractivity contribution in [1.82, 2.24) is 9.62 Å². The predicted molar refractivity (Wildman–Crippen MR) is 134 cm³/mol. The molecule has 9 heteroatoms. The van der Waals surface area contributed by atoms with Gasteiger partial charge < -0.3 is 15.4 Å². The van der Waals surface area contributed by atoms with Gasteiger partial charge in [0.1, 0.15) is 5.75 Å². The summed E-state index contributed by atoms with van der Waals surface area (Å²) < 4.78 is 32.8. The minimum absolute atomic E-state index is 0.0673. The van der Waals surface area contributed by atoms with Gasteiger partial charge in [0.25, 0.3) is 10.0 Å². The van der Waals surface area contributed by atoms with Gasteiger partial charge in [-0.3, -0.25) is 9.59 Å². The average Bonchev–Trinajstić information content (AvgIpc) is 2.97. The largest absolute Gasteiger partial charge is 0.497 e. The summed E-state index contributed by atoms with van der Waals surface area (Å²) >= 11 is 0. The Hall–Kier alpha value is -2.91. The van der Waals surface area contributed by atoms with Crippen molar-refractivity contribution in [2.75, 3.05) is 20.2 Å². The first-order valence-corrected chi connectivity index (χ1v) is 13.2. The highest BCUT2D eigenvalue weighted by molar-refractivity contribution is 7.90. The van der Waals surface area contributed by atoms with Crippen LogP contribution in [0, 0.1) is 11.3 Å². The van der Waals surface area contributed by atoms with Gasteiger partial charge in [-0.15, -0.1) is 0 Å². The van der Waals surface area contributed by atoms with Crippen LogP contribution < -0.4 is 15.2 Å². The maximum atomic E-state index is 13.7. The molecule has 0 aromatic heterocycles. The van der Waals surface area contributed by atoms with E-state index in [-0.39, 0.29) is 23.1 Å². The third-order valence-electron chi connectivity index (χ3n) is 6.66. The van der Waals surface area contributed by atoms with E-state index in [0.717, 1.165) is 5.56 Å². The monoisotopic (exact) mass is 501 g/mol. The molecule has 3 N–H and O–H groups in total. The van der Waals surface area contributed by atoms with Gasteiger partial charge in [-0.1, -0.05) is 44.2 Å². The highest BCUT2D eigenvalue weighted by Crippen LogP contribution is 2.46. The van der Waals surface area contributed by atoms with Crippen LogP contribution in [-0.2, 0) is 26.0 Å². The van der Waals surface area contributed by atoms with E-state index < -0.39 is 26.9 Å². The molecule has 35 heavy (non-hydrogen) atoms. The third-order valence-corrected chi connectivity index (χ3v) is 8.05. The lowest BCUT2D eigenvalue weighted by Crippen LogP contribution is -2.56. The summed E-state index contributed by atoms with van der Waals surface area (Å²) in [6.45, 7) is 6.47. The van der Waals surface area contributed by atoms with Crippen LogP contribution in [0.4, 0.5) is 0 Å². The Labute approximate surface area is 207 Å².